The molecule has 5 heteroatoms. The molecule has 0 unspecified atom stereocenters. The molecule has 1 N–H and O–H groups in total. The van der Waals surface area contributed by atoms with Crippen LogP contribution >= 0.6 is 34.4 Å². The first kappa shape index (κ1) is 13.3. The number of nitrogens with one attached hydrogen (secondary N) is 1. The number of benzene rings is 1. The molecule has 0 atom stereocenters. The SMILES string of the molecule is CSCCc1nn(-c2ccc(I)cc2)c2c1CCN2. The van der Waals surface area contributed by atoms with Crippen LogP contribution < -0.4 is 5.32 Å². The lowest BCUT2D eigenvalue weighted by atomic mass is 10.2. The van der Waals surface area contributed by atoms with Gasteiger partial charge in [-0.1, -0.05) is 0 Å². The van der Waals surface area contributed by atoms with Crippen LogP contribution in [-0.2, 0) is 12.8 Å². The highest BCUT2D eigenvalue weighted by molar-refractivity contribution is 14.1. The predicted octanol–water partition coefficient (Wildman–Crippen LogP) is 3.35. The molecule has 0 radical (unpaired) electrons. The van der Waals surface area contributed by atoms with Crippen molar-refractivity contribution in [3.8, 4) is 5.69 Å². The van der Waals surface area contributed by atoms with E-state index >= 15 is 0 Å². The second-order valence-corrected chi connectivity index (χ2v) is 6.81. The van der Waals surface area contributed by atoms with Gasteiger partial charge in [0.25, 0.3) is 0 Å². The van der Waals surface area contributed by atoms with Gasteiger partial charge in [0.2, 0.25) is 0 Å². The molecule has 1 aromatic carbocycles. The van der Waals surface area contributed by atoms with E-state index in [0.29, 0.717) is 0 Å². The topological polar surface area (TPSA) is 29.9 Å². The maximum Gasteiger partial charge on any atom is 0.133 e. The number of rotatable bonds is 4. The van der Waals surface area contributed by atoms with Crippen molar-refractivity contribution in [3.63, 3.8) is 0 Å². The Morgan fingerprint density at radius 3 is 2.89 bits per heavy atom. The molecular formula is C14H16IN3S. The molecule has 0 aliphatic carbocycles. The Morgan fingerprint density at radius 1 is 1.37 bits per heavy atom. The summed E-state index contributed by atoms with van der Waals surface area (Å²) in [4.78, 5) is 0. The van der Waals surface area contributed by atoms with Gasteiger partial charge in [0.15, 0.2) is 0 Å². The highest BCUT2D eigenvalue weighted by atomic mass is 127. The summed E-state index contributed by atoms with van der Waals surface area (Å²) in [5, 5.41) is 8.28. The Morgan fingerprint density at radius 2 is 2.16 bits per heavy atom. The van der Waals surface area contributed by atoms with Gasteiger partial charge in [0.05, 0.1) is 11.4 Å². The number of thioether (sulfide) groups is 1. The van der Waals surface area contributed by atoms with Crippen molar-refractivity contribution in [2.45, 2.75) is 12.8 Å². The van der Waals surface area contributed by atoms with Gasteiger partial charge in [-0.15, -0.1) is 0 Å². The number of halogens is 1. The van der Waals surface area contributed by atoms with E-state index in [0.717, 1.165) is 30.8 Å². The third kappa shape index (κ3) is 2.63. The van der Waals surface area contributed by atoms with Crippen molar-refractivity contribution in [3.05, 3.63) is 39.1 Å². The molecule has 0 spiro atoms. The minimum Gasteiger partial charge on any atom is -0.369 e. The molecule has 3 rings (SSSR count). The Balaban J connectivity index is 1.99. The molecule has 2 heterocycles. The molecule has 19 heavy (non-hydrogen) atoms. The van der Waals surface area contributed by atoms with Crippen LogP contribution in [0.3, 0.4) is 0 Å². The van der Waals surface area contributed by atoms with Gasteiger partial charge in [-0.05, 0) is 65.3 Å². The fourth-order valence-corrected chi connectivity index (χ4v) is 3.17. The molecule has 0 amide bonds. The highest BCUT2D eigenvalue weighted by Gasteiger charge is 2.22. The van der Waals surface area contributed by atoms with Crippen LogP contribution in [0.15, 0.2) is 24.3 Å². The fraction of sp³-hybridized carbons (Fsp3) is 0.357. The average Bonchev–Trinajstić information content (AvgIpc) is 3.00. The van der Waals surface area contributed by atoms with E-state index in [9.17, 15) is 0 Å². The zero-order chi connectivity index (χ0) is 13.2. The number of nitrogens with zero attached hydrogens (tertiary/aromatic N) is 2. The van der Waals surface area contributed by atoms with E-state index in [4.69, 9.17) is 5.10 Å². The molecule has 2 aromatic rings. The third-order valence-electron chi connectivity index (χ3n) is 3.35. The van der Waals surface area contributed by atoms with Crippen LogP contribution in [0.1, 0.15) is 11.3 Å². The van der Waals surface area contributed by atoms with E-state index in [1.54, 1.807) is 0 Å². The van der Waals surface area contributed by atoms with Crippen LogP contribution in [0.4, 0.5) is 5.82 Å². The van der Waals surface area contributed by atoms with Gasteiger partial charge < -0.3 is 5.32 Å². The van der Waals surface area contributed by atoms with E-state index in [2.05, 4.69) is 63.1 Å². The Kier molecular flexibility index (Phi) is 4.02. The largest absolute Gasteiger partial charge is 0.369 e. The first-order valence-electron chi connectivity index (χ1n) is 6.39. The monoisotopic (exact) mass is 385 g/mol. The van der Waals surface area contributed by atoms with Crippen LogP contribution in [0.2, 0.25) is 0 Å². The predicted molar refractivity (Wildman–Crippen MR) is 90.6 cm³/mol. The maximum atomic E-state index is 4.81. The lowest BCUT2D eigenvalue weighted by Gasteiger charge is -2.06. The number of fused-ring (bicyclic) bond motifs is 1. The molecule has 0 bridgehead atoms. The van der Waals surface area contributed by atoms with Crippen LogP contribution in [0.5, 0.6) is 0 Å². The zero-order valence-electron chi connectivity index (χ0n) is 10.8. The van der Waals surface area contributed by atoms with Crippen LogP contribution in [0.25, 0.3) is 5.69 Å². The van der Waals surface area contributed by atoms with Gasteiger partial charge in [0.1, 0.15) is 5.82 Å². The third-order valence-corrected chi connectivity index (χ3v) is 4.68. The van der Waals surface area contributed by atoms with Gasteiger partial charge >= 0.3 is 0 Å². The van der Waals surface area contributed by atoms with Crippen molar-refractivity contribution in [2.24, 2.45) is 0 Å². The quantitative estimate of drug-likeness (QED) is 0.819. The summed E-state index contributed by atoms with van der Waals surface area (Å²) < 4.78 is 3.31. The summed E-state index contributed by atoms with van der Waals surface area (Å²) in [5.74, 6) is 2.33. The molecule has 1 aliphatic rings. The van der Waals surface area contributed by atoms with Crippen LogP contribution in [-0.4, -0.2) is 28.3 Å². The molecule has 100 valence electrons. The normalized spacial score (nSPS) is 13.4. The summed E-state index contributed by atoms with van der Waals surface area (Å²) in [5.41, 5.74) is 3.81. The number of aromatic nitrogens is 2. The van der Waals surface area contributed by atoms with E-state index in [1.165, 1.54) is 20.6 Å². The molecule has 3 nitrogen and oxygen atoms in total. The van der Waals surface area contributed by atoms with Gasteiger partial charge in [0, 0.05) is 22.1 Å². The first-order chi connectivity index (χ1) is 9.29. The summed E-state index contributed by atoms with van der Waals surface area (Å²) >= 11 is 4.21. The van der Waals surface area contributed by atoms with Gasteiger partial charge in [-0.2, -0.15) is 16.9 Å². The second-order valence-electron chi connectivity index (χ2n) is 4.58. The van der Waals surface area contributed by atoms with Crippen molar-refractivity contribution in [1.82, 2.24) is 9.78 Å². The molecule has 1 aromatic heterocycles. The lowest BCUT2D eigenvalue weighted by molar-refractivity contribution is 0.834. The fourth-order valence-electron chi connectivity index (χ4n) is 2.41. The molecule has 1 aliphatic heterocycles. The first-order valence-corrected chi connectivity index (χ1v) is 8.86. The zero-order valence-corrected chi connectivity index (χ0v) is 13.8. The van der Waals surface area contributed by atoms with Gasteiger partial charge in [-0.25, -0.2) is 4.68 Å². The van der Waals surface area contributed by atoms with Crippen LogP contribution in [0, 0.1) is 3.57 Å². The van der Waals surface area contributed by atoms with E-state index < -0.39 is 0 Å². The van der Waals surface area contributed by atoms with Crippen molar-refractivity contribution < 1.29 is 0 Å². The van der Waals surface area contributed by atoms with E-state index in [1.807, 2.05) is 11.8 Å². The maximum absolute atomic E-state index is 4.81. The Labute approximate surface area is 131 Å². The average molecular weight is 385 g/mol. The molecule has 0 saturated heterocycles. The van der Waals surface area contributed by atoms with Gasteiger partial charge in [-0.3, -0.25) is 0 Å². The number of hydrogen-bond acceptors (Lipinski definition) is 3. The molecule has 0 fully saturated rings. The summed E-state index contributed by atoms with van der Waals surface area (Å²) in [6.07, 6.45) is 4.31. The Bertz CT molecular complexity index is 577. The second kappa shape index (κ2) is 5.75. The number of anilines is 1. The minimum absolute atomic E-state index is 1.03. The highest BCUT2D eigenvalue weighted by Crippen LogP contribution is 2.29. The lowest BCUT2D eigenvalue weighted by Crippen LogP contribution is -2.05. The van der Waals surface area contributed by atoms with Crippen molar-refractivity contribution in [2.75, 3.05) is 23.9 Å². The molecule has 0 saturated carbocycles. The molecular weight excluding hydrogens is 369 g/mol. The number of aryl methyl sites for hydroxylation is 1. The van der Waals surface area contributed by atoms with Crippen molar-refractivity contribution in [1.29, 1.82) is 0 Å². The Hall–Kier alpha value is -0.690. The summed E-state index contributed by atoms with van der Waals surface area (Å²) in [6.45, 7) is 1.03. The summed E-state index contributed by atoms with van der Waals surface area (Å²) in [6, 6.07) is 8.52. The smallest absolute Gasteiger partial charge is 0.133 e. The number of hydrogen-bond donors (Lipinski definition) is 1. The summed E-state index contributed by atoms with van der Waals surface area (Å²) in [7, 11) is 0. The van der Waals surface area contributed by atoms with E-state index in [-0.39, 0.29) is 0 Å². The minimum atomic E-state index is 1.03. The van der Waals surface area contributed by atoms with Crippen molar-refractivity contribution >= 4 is 40.2 Å². The standard InChI is InChI=1S/C14H16IN3S/c1-19-9-7-13-12-6-8-16-14(12)18(17-13)11-4-2-10(15)3-5-11/h2-5,16H,6-9H2,1H3.